The summed E-state index contributed by atoms with van der Waals surface area (Å²) in [4.78, 5) is 21.6. The largest absolute Gasteiger partial charge is 0.493 e. The summed E-state index contributed by atoms with van der Waals surface area (Å²) in [5.41, 5.74) is 5.93. The molecule has 5 rings (SSSR count). The molecule has 0 radical (unpaired) electrons. The Morgan fingerprint density at radius 1 is 1.00 bits per heavy atom. The Labute approximate surface area is 220 Å². The number of nitrogens with zero attached hydrogens (tertiary/aromatic N) is 2. The monoisotopic (exact) mass is 518 g/mol. The van der Waals surface area contributed by atoms with Crippen LogP contribution in [0.15, 0.2) is 42.0 Å². The van der Waals surface area contributed by atoms with Gasteiger partial charge < -0.3 is 24.8 Å². The van der Waals surface area contributed by atoms with Crippen LogP contribution in [0.1, 0.15) is 39.9 Å². The van der Waals surface area contributed by atoms with E-state index in [0.29, 0.717) is 29.1 Å². The van der Waals surface area contributed by atoms with Gasteiger partial charge in [0.25, 0.3) is 5.91 Å². The van der Waals surface area contributed by atoms with Crippen LogP contribution in [-0.2, 0) is 12.8 Å². The van der Waals surface area contributed by atoms with Gasteiger partial charge in [0.1, 0.15) is 6.33 Å². The van der Waals surface area contributed by atoms with Crippen LogP contribution in [0.2, 0.25) is 0 Å². The second kappa shape index (κ2) is 10.6. The summed E-state index contributed by atoms with van der Waals surface area (Å²) in [6.07, 6.45) is 5.37. The van der Waals surface area contributed by atoms with E-state index in [1.807, 2.05) is 30.3 Å². The highest BCUT2D eigenvalue weighted by Crippen LogP contribution is 2.41. The third-order valence-electron chi connectivity index (χ3n) is 6.54. The standard InChI is InChI=1S/C28H30N4O4S/c1-16-5-6-18(28(33)32-20-9-10-20)11-17(16)7-8-19-14-37-26-24(19)29-15-30-27(26)31-21-12-22(34-2)25(36-4)23(13-21)35-3/h5-6,11-15,20H,7-10H2,1-4H3,(H,32,33)(H,29,30,31). The van der Waals surface area contributed by atoms with Crippen molar-refractivity contribution < 1.29 is 19.0 Å². The van der Waals surface area contributed by atoms with E-state index in [1.165, 1.54) is 11.1 Å². The molecule has 0 bridgehead atoms. The number of methoxy groups -OCH3 is 3. The Balaban J connectivity index is 1.36. The number of carbonyl (C=O) groups is 1. The molecule has 2 aromatic carbocycles. The van der Waals surface area contributed by atoms with Gasteiger partial charge >= 0.3 is 0 Å². The molecule has 0 atom stereocenters. The molecule has 1 saturated carbocycles. The van der Waals surface area contributed by atoms with Crippen LogP contribution in [0.4, 0.5) is 11.5 Å². The Kier molecular flexibility index (Phi) is 7.14. The van der Waals surface area contributed by atoms with Gasteiger partial charge in [0.2, 0.25) is 5.75 Å². The Morgan fingerprint density at radius 3 is 2.41 bits per heavy atom. The molecule has 2 aromatic heterocycles. The van der Waals surface area contributed by atoms with Crippen molar-refractivity contribution in [1.82, 2.24) is 15.3 Å². The van der Waals surface area contributed by atoms with E-state index >= 15 is 0 Å². The molecule has 1 aliphatic carbocycles. The van der Waals surface area contributed by atoms with Crippen LogP contribution < -0.4 is 24.8 Å². The molecule has 0 saturated heterocycles. The smallest absolute Gasteiger partial charge is 0.251 e. The molecule has 8 nitrogen and oxygen atoms in total. The zero-order valence-corrected chi connectivity index (χ0v) is 22.2. The molecule has 2 heterocycles. The Hall–Kier alpha value is -3.85. The third kappa shape index (κ3) is 5.32. The molecular formula is C28H30N4O4S. The van der Waals surface area contributed by atoms with Crippen LogP contribution in [0.25, 0.3) is 10.2 Å². The quantitative estimate of drug-likeness (QED) is 0.288. The zero-order valence-electron chi connectivity index (χ0n) is 21.4. The van der Waals surface area contributed by atoms with E-state index in [9.17, 15) is 4.79 Å². The number of hydrogen-bond acceptors (Lipinski definition) is 8. The molecule has 1 amide bonds. The lowest BCUT2D eigenvalue weighted by Gasteiger charge is -2.15. The fourth-order valence-electron chi connectivity index (χ4n) is 4.30. The predicted molar refractivity (Wildman–Crippen MR) is 146 cm³/mol. The van der Waals surface area contributed by atoms with Gasteiger partial charge in [-0.2, -0.15) is 0 Å². The number of fused-ring (bicyclic) bond motifs is 1. The first-order chi connectivity index (χ1) is 18.0. The predicted octanol–water partition coefficient (Wildman–Crippen LogP) is 5.45. The molecule has 9 heteroatoms. The van der Waals surface area contributed by atoms with Crippen LogP contribution in [0, 0.1) is 6.92 Å². The van der Waals surface area contributed by atoms with Crippen molar-refractivity contribution in [2.75, 3.05) is 26.6 Å². The topological polar surface area (TPSA) is 94.6 Å². The Morgan fingerprint density at radius 2 is 1.73 bits per heavy atom. The number of carbonyl (C=O) groups excluding carboxylic acids is 1. The van der Waals surface area contributed by atoms with Crippen molar-refractivity contribution in [3.05, 3.63) is 64.3 Å². The molecule has 1 aliphatic rings. The van der Waals surface area contributed by atoms with Gasteiger partial charge in [-0.15, -0.1) is 11.3 Å². The number of amides is 1. The van der Waals surface area contributed by atoms with E-state index in [2.05, 4.69) is 32.9 Å². The molecule has 1 fully saturated rings. The molecule has 4 aromatic rings. The van der Waals surface area contributed by atoms with E-state index in [4.69, 9.17) is 14.2 Å². The summed E-state index contributed by atoms with van der Waals surface area (Å²) in [7, 11) is 4.76. The summed E-state index contributed by atoms with van der Waals surface area (Å²) in [5, 5.41) is 8.59. The number of anilines is 2. The van der Waals surface area contributed by atoms with Crippen molar-refractivity contribution in [2.45, 2.75) is 38.6 Å². The highest BCUT2D eigenvalue weighted by Gasteiger charge is 2.24. The summed E-state index contributed by atoms with van der Waals surface area (Å²) in [5.74, 6) is 2.38. The summed E-state index contributed by atoms with van der Waals surface area (Å²) in [6, 6.07) is 10.00. The molecule has 0 spiro atoms. The van der Waals surface area contributed by atoms with Crippen molar-refractivity contribution >= 4 is 39.0 Å². The third-order valence-corrected chi connectivity index (χ3v) is 7.57. The summed E-state index contributed by atoms with van der Waals surface area (Å²) < 4.78 is 17.4. The van der Waals surface area contributed by atoms with Crippen molar-refractivity contribution in [3.63, 3.8) is 0 Å². The van der Waals surface area contributed by atoms with E-state index in [0.717, 1.165) is 52.7 Å². The van der Waals surface area contributed by atoms with Gasteiger partial charge in [-0.1, -0.05) is 6.07 Å². The molecule has 192 valence electrons. The first-order valence-corrected chi connectivity index (χ1v) is 13.1. The lowest BCUT2D eigenvalue weighted by atomic mass is 9.98. The highest BCUT2D eigenvalue weighted by atomic mass is 32.1. The average molecular weight is 519 g/mol. The average Bonchev–Trinajstić information content (AvgIpc) is 3.63. The molecule has 0 unspecified atom stereocenters. The first kappa shape index (κ1) is 24.8. The van der Waals surface area contributed by atoms with Crippen LogP contribution >= 0.6 is 11.3 Å². The normalized spacial score (nSPS) is 12.9. The van der Waals surface area contributed by atoms with Gasteiger partial charge in [0, 0.05) is 29.4 Å². The maximum absolute atomic E-state index is 12.5. The van der Waals surface area contributed by atoms with Crippen LogP contribution in [0.3, 0.4) is 0 Å². The number of aryl methyl sites for hydroxylation is 3. The van der Waals surface area contributed by atoms with Gasteiger partial charge in [-0.25, -0.2) is 9.97 Å². The minimum atomic E-state index is 0.0139. The number of aromatic nitrogens is 2. The summed E-state index contributed by atoms with van der Waals surface area (Å²) in [6.45, 7) is 2.09. The molecule has 0 aliphatic heterocycles. The molecular weight excluding hydrogens is 488 g/mol. The number of nitrogens with one attached hydrogen (secondary N) is 2. The lowest BCUT2D eigenvalue weighted by molar-refractivity contribution is 0.0951. The number of ether oxygens (including phenoxy) is 3. The SMILES string of the molecule is COc1cc(Nc2ncnc3c(CCc4cc(C(=O)NC5CC5)ccc4C)csc23)cc(OC)c1OC. The van der Waals surface area contributed by atoms with Gasteiger partial charge in [-0.3, -0.25) is 4.79 Å². The van der Waals surface area contributed by atoms with Crippen LogP contribution in [0.5, 0.6) is 17.2 Å². The van der Waals surface area contributed by atoms with Crippen molar-refractivity contribution in [2.24, 2.45) is 0 Å². The fraction of sp³-hybridized carbons (Fsp3) is 0.321. The maximum atomic E-state index is 12.5. The first-order valence-electron chi connectivity index (χ1n) is 12.2. The minimum absolute atomic E-state index is 0.0139. The van der Waals surface area contributed by atoms with Crippen molar-refractivity contribution in [1.29, 1.82) is 0 Å². The number of hydrogen-bond donors (Lipinski definition) is 2. The van der Waals surface area contributed by atoms with E-state index < -0.39 is 0 Å². The van der Waals surface area contributed by atoms with Gasteiger partial charge in [0.05, 0.1) is 31.5 Å². The highest BCUT2D eigenvalue weighted by molar-refractivity contribution is 7.18. The molecule has 2 N–H and O–H groups in total. The minimum Gasteiger partial charge on any atom is -0.493 e. The number of benzene rings is 2. The van der Waals surface area contributed by atoms with Crippen molar-refractivity contribution in [3.8, 4) is 17.2 Å². The van der Waals surface area contributed by atoms with Crippen LogP contribution in [-0.4, -0.2) is 43.2 Å². The van der Waals surface area contributed by atoms with E-state index in [1.54, 1.807) is 39.0 Å². The number of thiophene rings is 1. The maximum Gasteiger partial charge on any atom is 0.251 e. The Bertz CT molecular complexity index is 1420. The fourth-order valence-corrected chi connectivity index (χ4v) is 5.30. The zero-order chi connectivity index (χ0) is 25.9. The second-order valence-electron chi connectivity index (χ2n) is 9.09. The lowest BCUT2D eigenvalue weighted by Crippen LogP contribution is -2.25. The number of rotatable bonds is 10. The van der Waals surface area contributed by atoms with Gasteiger partial charge in [0.15, 0.2) is 17.3 Å². The molecule has 37 heavy (non-hydrogen) atoms. The van der Waals surface area contributed by atoms with Gasteiger partial charge in [-0.05, 0) is 66.8 Å². The summed E-state index contributed by atoms with van der Waals surface area (Å²) >= 11 is 1.61. The second-order valence-corrected chi connectivity index (χ2v) is 9.97. The van der Waals surface area contributed by atoms with E-state index in [-0.39, 0.29) is 5.91 Å².